The Hall–Kier alpha value is -1.12. The number of aromatic nitrogens is 2. The molecule has 66 valence electrons. The lowest BCUT2D eigenvalue weighted by Crippen LogP contribution is -2.23. The van der Waals surface area contributed by atoms with Gasteiger partial charge >= 0.3 is 0 Å². The zero-order chi connectivity index (χ0) is 8.97. The van der Waals surface area contributed by atoms with Crippen molar-refractivity contribution < 1.29 is 0 Å². The molecule has 0 saturated carbocycles. The zero-order valence-corrected chi connectivity index (χ0v) is 7.91. The highest BCUT2D eigenvalue weighted by molar-refractivity contribution is 5.36. The second kappa shape index (κ2) is 4.04. The predicted octanol–water partition coefficient (Wildman–Crippen LogP) is 1.63. The smallest absolute Gasteiger partial charge is 0.132 e. The van der Waals surface area contributed by atoms with Crippen LogP contribution in [0, 0.1) is 6.92 Å². The monoisotopic (exact) mass is 165 g/mol. The van der Waals surface area contributed by atoms with E-state index in [1.165, 1.54) is 0 Å². The number of hydrogen-bond donors (Lipinski definition) is 0. The van der Waals surface area contributed by atoms with Gasteiger partial charge in [0.2, 0.25) is 0 Å². The van der Waals surface area contributed by atoms with Gasteiger partial charge in [-0.2, -0.15) is 0 Å². The predicted molar refractivity (Wildman–Crippen MR) is 50.3 cm³/mol. The minimum Gasteiger partial charge on any atom is -0.357 e. The topological polar surface area (TPSA) is 29.0 Å². The molecule has 0 radical (unpaired) electrons. The Morgan fingerprint density at radius 1 is 1.33 bits per heavy atom. The molecular weight excluding hydrogens is 150 g/mol. The van der Waals surface area contributed by atoms with Crippen molar-refractivity contribution >= 4 is 5.82 Å². The summed E-state index contributed by atoms with van der Waals surface area (Å²) in [5.41, 5.74) is 0. The van der Waals surface area contributed by atoms with Crippen LogP contribution < -0.4 is 4.90 Å². The Bertz CT molecular complexity index is 243. The molecule has 0 amide bonds. The highest BCUT2D eigenvalue weighted by atomic mass is 15.2. The van der Waals surface area contributed by atoms with E-state index in [1.54, 1.807) is 6.20 Å². The van der Waals surface area contributed by atoms with E-state index in [0.29, 0.717) is 0 Å². The van der Waals surface area contributed by atoms with Crippen LogP contribution in [-0.2, 0) is 0 Å². The van der Waals surface area contributed by atoms with Crippen LogP contribution in [0.25, 0.3) is 0 Å². The quantitative estimate of drug-likeness (QED) is 0.681. The maximum Gasteiger partial charge on any atom is 0.132 e. The molecule has 0 atom stereocenters. The molecule has 0 fully saturated rings. The Morgan fingerprint density at radius 2 is 2.00 bits per heavy atom. The molecule has 3 nitrogen and oxygen atoms in total. The van der Waals surface area contributed by atoms with Crippen molar-refractivity contribution in [2.24, 2.45) is 0 Å². The molecule has 1 rings (SSSR count). The van der Waals surface area contributed by atoms with E-state index in [-0.39, 0.29) is 0 Å². The first-order valence-corrected chi connectivity index (χ1v) is 4.32. The molecule has 0 aliphatic heterocycles. The summed E-state index contributed by atoms with van der Waals surface area (Å²) >= 11 is 0. The average Bonchev–Trinajstić information content (AvgIpc) is 2.07. The zero-order valence-electron chi connectivity index (χ0n) is 7.91. The lowest BCUT2D eigenvalue weighted by Gasteiger charge is -2.19. The van der Waals surface area contributed by atoms with E-state index in [2.05, 4.69) is 28.7 Å². The van der Waals surface area contributed by atoms with Gasteiger partial charge in [0.05, 0.1) is 0 Å². The van der Waals surface area contributed by atoms with E-state index in [0.717, 1.165) is 24.7 Å². The van der Waals surface area contributed by atoms with Gasteiger partial charge in [-0.1, -0.05) is 0 Å². The first-order chi connectivity index (χ1) is 5.77. The molecule has 0 aromatic carbocycles. The van der Waals surface area contributed by atoms with Gasteiger partial charge in [-0.25, -0.2) is 9.97 Å². The van der Waals surface area contributed by atoms with Gasteiger partial charge < -0.3 is 4.90 Å². The summed E-state index contributed by atoms with van der Waals surface area (Å²) in [5, 5.41) is 0. The number of aryl methyl sites for hydroxylation is 1. The van der Waals surface area contributed by atoms with Gasteiger partial charge in [0, 0.05) is 19.3 Å². The van der Waals surface area contributed by atoms with Crippen LogP contribution in [0.1, 0.15) is 19.7 Å². The van der Waals surface area contributed by atoms with E-state index in [1.807, 2.05) is 13.0 Å². The van der Waals surface area contributed by atoms with Crippen molar-refractivity contribution in [3.05, 3.63) is 18.1 Å². The SMILES string of the molecule is CCN(CC)c1ccnc(C)n1. The summed E-state index contributed by atoms with van der Waals surface area (Å²) in [7, 11) is 0. The van der Waals surface area contributed by atoms with E-state index in [9.17, 15) is 0 Å². The van der Waals surface area contributed by atoms with E-state index < -0.39 is 0 Å². The number of hydrogen-bond acceptors (Lipinski definition) is 3. The van der Waals surface area contributed by atoms with Crippen molar-refractivity contribution in [3.63, 3.8) is 0 Å². The van der Waals surface area contributed by atoms with Gasteiger partial charge in [0.15, 0.2) is 0 Å². The van der Waals surface area contributed by atoms with Crippen LogP contribution in [0.3, 0.4) is 0 Å². The Labute approximate surface area is 73.5 Å². The van der Waals surface area contributed by atoms with E-state index in [4.69, 9.17) is 0 Å². The van der Waals surface area contributed by atoms with Crippen molar-refractivity contribution in [1.29, 1.82) is 0 Å². The molecule has 1 aromatic heterocycles. The fourth-order valence-corrected chi connectivity index (χ4v) is 1.17. The van der Waals surface area contributed by atoms with Crippen LogP contribution in [-0.4, -0.2) is 23.1 Å². The minimum atomic E-state index is 0.833. The van der Waals surface area contributed by atoms with Crippen LogP contribution in [0.5, 0.6) is 0 Å². The minimum absolute atomic E-state index is 0.833. The summed E-state index contributed by atoms with van der Waals surface area (Å²) < 4.78 is 0. The first-order valence-electron chi connectivity index (χ1n) is 4.32. The molecule has 0 N–H and O–H groups in total. The third-order valence-electron chi connectivity index (χ3n) is 1.85. The van der Waals surface area contributed by atoms with Crippen molar-refractivity contribution in [2.45, 2.75) is 20.8 Å². The summed E-state index contributed by atoms with van der Waals surface area (Å²) in [5.74, 6) is 1.85. The van der Waals surface area contributed by atoms with E-state index >= 15 is 0 Å². The summed E-state index contributed by atoms with van der Waals surface area (Å²) in [6, 6.07) is 1.94. The molecule has 1 aromatic rings. The molecule has 0 spiro atoms. The molecule has 0 bridgehead atoms. The normalized spacial score (nSPS) is 9.92. The molecule has 0 unspecified atom stereocenters. The summed E-state index contributed by atoms with van der Waals surface area (Å²) in [6.45, 7) is 8.15. The van der Waals surface area contributed by atoms with Gasteiger partial charge in [0.1, 0.15) is 11.6 Å². The Morgan fingerprint density at radius 3 is 2.50 bits per heavy atom. The van der Waals surface area contributed by atoms with Crippen molar-refractivity contribution in [1.82, 2.24) is 9.97 Å². The largest absolute Gasteiger partial charge is 0.357 e. The van der Waals surface area contributed by atoms with Crippen LogP contribution in [0.2, 0.25) is 0 Å². The van der Waals surface area contributed by atoms with Crippen molar-refractivity contribution in [2.75, 3.05) is 18.0 Å². The number of rotatable bonds is 3. The molecule has 12 heavy (non-hydrogen) atoms. The first kappa shape index (κ1) is 8.97. The summed E-state index contributed by atoms with van der Waals surface area (Å²) in [6.07, 6.45) is 1.80. The molecule has 0 aliphatic rings. The van der Waals surface area contributed by atoms with Gasteiger partial charge in [-0.05, 0) is 26.8 Å². The Kier molecular flexibility index (Phi) is 3.02. The van der Waals surface area contributed by atoms with Crippen LogP contribution >= 0.6 is 0 Å². The Balaban J connectivity index is 2.85. The van der Waals surface area contributed by atoms with Gasteiger partial charge in [-0.15, -0.1) is 0 Å². The van der Waals surface area contributed by atoms with Crippen molar-refractivity contribution in [3.8, 4) is 0 Å². The number of anilines is 1. The summed E-state index contributed by atoms with van der Waals surface area (Å²) in [4.78, 5) is 10.6. The highest BCUT2D eigenvalue weighted by Gasteiger charge is 2.01. The molecule has 0 aliphatic carbocycles. The molecular formula is C9H15N3. The standard InChI is InChI=1S/C9H15N3/c1-4-12(5-2)9-6-7-10-8(3)11-9/h6-7H,4-5H2,1-3H3. The maximum atomic E-state index is 4.33. The molecule has 3 heteroatoms. The average molecular weight is 165 g/mol. The third kappa shape index (κ3) is 1.94. The third-order valence-corrected chi connectivity index (χ3v) is 1.85. The van der Waals surface area contributed by atoms with Crippen LogP contribution in [0.15, 0.2) is 12.3 Å². The van der Waals surface area contributed by atoms with Gasteiger partial charge in [0.25, 0.3) is 0 Å². The second-order valence-electron chi connectivity index (χ2n) is 2.63. The number of nitrogens with zero attached hydrogens (tertiary/aromatic N) is 3. The molecule has 0 saturated heterocycles. The van der Waals surface area contributed by atoms with Gasteiger partial charge in [-0.3, -0.25) is 0 Å². The fourth-order valence-electron chi connectivity index (χ4n) is 1.17. The lowest BCUT2D eigenvalue weighted by atomic mass is 10.4. The fraction of sp³-hybridized carbons (Fsp3) is 0.556. The maximum absolute atomic E-state index is 4.33. The highest BCUT2D eigenvalue weighted by Crippen LogP contribution is 2.07. The van der Waals surface area contributed by atoms with Crippen LogP contribution in [0.4, 0.5) is 5.82 Å². The second-order valence-corrected chi connectivity index (χ2v) is 2.63. The lowest BCUT2D eigenvalue weighted by molar-refractivity contribution is 0.834. The molecule has 1 heterocycles.